The van der Waals surface area contributed by atoms with Crippen molar-refractivity contribution in [2.75, 3.05) is 13.7 Å². The van der Waals surface area contributed by atoms with Crippen LogP contribution in [0.25, 0.3) is 26.6 Å². The molecule has 2 saturated heterocycles. The molecule has 0 unspecified atom stereocenters. The fourth-order valence-corrected chi connectivity index (χ4v) is 7.00. The SMILES string of the molecule is COc1cccc2sc(C3=C[C@@H]4CC[C@@H](C3)N4C[C@H](O)C3(Oc4cccc5occc45)OC(=O)C(=O)O3)cc12. The monoisotopic (exact) mass is 547 g/mol. The van der Waals surface area contributed by atoms with Crippen LogP contribution in [0.4, 0.5) is 0 Å². The van der Waals surface area contributed by atoms with Gasteiger partial charge in [0.2, 0.25) is 0 Å². The first-order valence-electron chi connectivity index (χ1n) is 12.8. The second-order valence-electron chi connectivity index (χ2n) is 9.96. The van der Waals surface area contributed by atoms with E-state index in [0.29, 0.717) is 11.0 Å². The van der Waals surface area contributed by atoms with Crippen LogP contribution in [0, 0.1) is 0 Å². The molecule has 0 saturated carbocycles. The highest BCUT2D eigenvalue weighted by atomic mass is 32.1. The Balaban J connectivity index is 1.16. The molecule has 5 heterocycles. The van der Waals surface area contributed by atoms with Crippen LogP contribution in [0.15, 0.2) is 65.3 Å². The van der Waals surface area contributed by atoms with E-state index in [1.807, 2.05) is 12.1 Å². The zero-order chi connectivity index (χ0) is 26.7. The van der Waals surface area contributed by atoms with E-state index in [9.17, 15) is 14.7 Å². The Morgan fingerprint density at radius 1 is 1.08 bits per heavy atom. The average Bonchev–Trinajstić information content (AvgIpc) is 3.69. The summed E-state index contributed by atoms with van der Waals surface area (Å²) < 4.78 is 28.6. The maximum atomic E-state index is 12.1. The standard InChI is InChI=1S/C29H25NO8S/c1-34-21-4-3-7-24-20(21)14-25(39-24)16-12-17-8-9-18(13-16)30(17)15-26(31)29(37-27(32)28(33)38-29)36-23-6-2-5-22-19(23)10-11-35-22/h2-7,10-12,14,17-18,26,31H,8-9,13,15H2,1H3/t17-,18-,26-/m0/s1. The van der Waals surface area contributed by atoms with Crippen LogP contribution in [0.2, 0.25) is 0 Å². The fraction of sp³-hybridized carbons (Fsp3) is 0.310. The number of aliphatic hydroxyl groups excluding tert-OH is 1. The van der Waals surface area contributed by atoms with Gasteiger partial charge in [-0.3, -0.25) is 4.90 Å². The fourth-order valence-electron chi connectivity index (χ4n) is 5.88. The van der Waals surface area contributed by atoms with Crippen LogP contribution in [0.3, 0.4) is 0 Å². The van der Waals surface area contributed by atoms with Gasteiger partial charge in [-0.2, -0.15) is 0 Å². The lowest BCUT2D eigenvalue weighted by atomic mass is 9.99. The Morgan fingerprint density at radius 2 is 1.87 bits per heavy atom. The van der Waals surface area contributed by atoms with Crippen LogP contribution in [-0.4, -0.2) is 59.8 Å². The minimum atomic E-state index is -2.30. The third kappa shape index (κ3) is 3.98. The smallest absolute Gasteiger partial charge is 0.451 e. The number of ether oxygens (including phenoxy) is 4. The Morgan fingerprint density at radius 3 is 2.67 bits per heavy atom. The molecule has 4 aromatic rings. The number of benzene rings is 2. The second kappa shape index (κ2) is 9.11. The molecule has 0 amide bonds. The third-order valence-corrected chi connectivity index (χ3v) is 8.91. The van der Waals surface area contributed by atoms with Crippen molar-refractivity contribution in [3.05, 3.63) is 65.7 Å². The number of carbonyl (C=O) groups excluding carboxylic acids is 2. The van der Waals surface area contributed by atoms with Crippen LogP contribution in [0.5, 0.6) is 11.5 Å². The zero-order valence-electron chi connectivity index (χ0n) is 21.0. The van der Waals surface area contributed by atoms with Crippen LogP contribution >= 0.6 is 11.3 Å². The Bertz CT molecular complexity index is 1620. The first kappa shape index (κ1) is 24.2. The summed E-state index contributed by atoms with van der Waals surface area (Å²) in [7, 11) is 1.68. The highest BCUT2D eigenvalue weighted by Crippen LogP contribution is 2.44. The van der Waals surface area contributed by atoms with E-state index in [-0.39, 0.29) is 24.4 Å². The second-order valence-corrected chi connectivity index (χ2v) is 11.0. The first-order valence-corrected chi connectivity index (χ1v) is 13.6. The molecular formula is C29H25NO8S. The molecule has 3 aliphatic heterocycles. The summed E-state index contributed by atoms with van der Waals surface area (Å²) in [5.74, 6) is -3.61. The van der Waals surface area contributed by atoms with Gasteiger partial charge in [-0.1, -0.05) is 18.2 Å². The average molecular weight is 548 g/mol. The van der Waals surface area contributed by atoms with Crippen molar-refractivity contribution in [2.24, 2.45) is 0 Å². The molecule has 0 radical (unpaired) electrons. The molecule has 3 atom stereocenters. The van der Waals surface area contributed by atoms with E-state index >= 15 is 0 Å². The number of methoxy groups -OCH3 is 1. The quantitative estimate of drug-likeness (QED) is 0.265. The minimum Gasteiger partial charge on any atom is -0.496 e. The number of thiophene rings is 1. The van der Waals surface area contributed by atoms with Crippen molar-refractivity contribution >= 4 is 49.9 Å². The van der Waals surface area contributed by atoms with Gasteiger partial charge >= 0.3 is 17.9 Å². The summed E-state index contributed by atoms with van der Waals surface area (Å²) >= 11 is 1.74. The summed E-state index contributed by atoms with van der Waals surface area (Å²) in [4.78, 5) is 27.6. The Labute approximate surface area is 227 Å². The minimum absolute atomic E-state index is 0.0719. The molecule has 2 aromatic carbocycles. The van der Waals surface area contributed by atoms with Crippen LogP contribution in [0.1, 0.15) is 24.1 Å². The van der Waals surface area contributed by atoms with E-state index in [4.69, 9.17) is 23.4 Å². The van der Waals surface area contributed by atoms with Gasteiger partial charge in [0.05, 0.1) is 18.8 Å². The van der Waals surface area contributed by atoms with Crippen molar-refractivity contribution < 1.29 is 38.1 Å². The van der Waals surface area contributed by atoms with E-state index < -0.39 is 24.0 Å². The molecule has 7 rings (SSSR count). The number of esters is 2. The lowest BCUT2D eigenvalue weighted by Gasteiger charge is -2.38. The lowest BCUT2D eigenvalue weighted by Crippen LogP contribution is -2.56. The van der Waals surface area contributed by atoms with Crippen molar-refractivity contribution in [3.8, 4) is 11.5 Å². The maximum absolute atomic E-state index is 12.1. The molecule has 200 valence electrons. The number of rotatable bonds is 7. The molecule has 1 N–H and O–H groups in total. The number of furan rings is 1. The van der Waals surface area contributed by atoms with Gasteiger partial charge in [-0.25, -0.2) is 9.59 Å². The highest BCUT2D eigenvalue weighted by Gasteiger charge is 2.58. The van der Waals surface area contributed by atoms with Gasteiger partial charge in [0.25, 0.3) is 0 Å². The van der Waals surface area contributed by atoms with Gasteiger partial charge in [0.1, 0.15) is 17.1 Å². The van der Waals surface area contributed by atoms with Crippen LogP contribution in [-0.2, 0) is 19.1 Å². The predicted octanol–water partition coefficient (Wildman–Crippen LogP) is 4.47. The number of cyclic esters (lactones) is 2. The third-order valence-electron chi connectivity index (χ3n) is 7.73. The lowest BCUT2D eigenvalue weighted by molar-refractivity contribution is -0.319. The van der Waals surface area contributed by atoms with Gasteiger partial charge < -0.3 is 28.5 Å². The highest BCUT2D eigenvalue weighted by molar-refractivity contribution is 7.20. The molecular weight excluding hydrogens is 522 g/mol. The molecule has 2 aromatic heterocycles. The van der Waals surface area contributed by atoms with Crippen molar-refractivity contribution in [1.29, 1.82) is 0 Å². The van der Waals surface area contributed by atoms with E-state index in [2.05, 4.69) is 23.1 Å². The number of hydrogen-bond acceptors (Lipinski definition) is 10. The zero-order valence-corrected chi connectivity index (χ0v) is 21.8. The van der Waals surface area contributed by atoms with Crippen molar-refractivity contribution in [1.82, 2.24) is 4.90 Å². The van der Waals surface area contributed by atoms with E-state index in [1.165, 1.54) is 21.4 Å². The summed E-state index contributed by atoms with van der Waals surface area (Å²) in [6, 6.07) is 15.2. The summed E-state index contributed by atoms with van der Waals surface area (Å²) in [6.07, 6.45) is 4.97. The Kier molecular flexibility index (Phi) is 5.66. The van der Waals surface area contributed by atoms with Gasteiger partial charge in [0, 0.05) is 33.6 Å². The first-order chi connectivity index (χ1) is 18.9. The molecule has 0 aliphatic carbocycles. The van der Waals surface area contributed by atoms with Crippen molar-refractivity contribution in [2.45, 2.75) is 43.4 Å². The number of nitrogens with zero attached hydrogens (tertiary/aromatic N) is 1. The van der Waals surface area contributed by atoms with Crippen molar-refractivity contribution in [3.63, 3.8) is 0 Å². The topological polar surface area (TPSA) is 108 Å². The number of hydrogen-bond donors (Lipinski definition) is 1. The van der Waals surface area contributed by atoms with Gasteiger partial charge in [-0.05, 0) is 61.2 Å². The predicted molar refractivity (Wildman–Crippen MR) is 142 cm³/mol. The molecule has 0 spiro atoms. The normalized spacial score (nSPS) is 23.1. The number of fused-ring (bicyclic) bond motifs is 4. The van der Waals surface area contributed by atoms with Gasteiger partial charge in [-0.15, -0.1) is 11.3 Å². The molecule has 2 fully saturated rings. The molecule has 39 heavy (non-hydrogen) atoms. The number of carbonyl (C=O) groups is 2. The van der Waals surface area contributed by atoms with Crippen LogP contribution < -0.4 is 9.47 Å². The van der Waals surface area contributed by atoms with Gasteiger partial charge in [0.15, 0.2) is 6.10 Å². The molecule has 10 heteroatoms. The largest absolute Gasteiger partial charge is 0.496 e. The summed E-state index contributed by atoms with van der Waals surface area (Å²) in [5.41, 5.74) is 1.81. The summed E-state index contributed by atoms with van der Waals surface area (Å²) in [6.45, 7) is 0.0846. The summed E-state index contributed by atoms with van der Waals surface area (Å²) in [5, 5.41) is 13.1. The molecule has 3 aliphatic rings. The number of aliphatic hydroxyl groups is 1. The Hall–Kier alpha value is -3.86. The molecule has 2 bridgehead atoms. The van der Waals surface area contributed by atoms with E-state index in [1.54, 1.807) is 42.7 Å². The van der Waals surface area contributed by atoms with E-state index in [0.717, 1.165) is 30.4 Å². The maximum Gasteiger partial charge on any atom is 0.451 e. The molecule has 9 nitrogen and oxygen atoms in total.